The van der Waals surface area contributed by atoms with Crippen molar-refractivity contribution in [1.82, 2.24) is 10.1 Å². The standard InChI is InChI=1S/C20H25N3O5/c1-26-15-8-9-16(17(12-15)27-2)20(25)23(14-6-4-3-5-7-14)13-19(24)21-18-10-11-28-22-18/h8-12,14H,3-7,13H2,1-2H3,(H,21,22,24). The van der Waals surface area contributed by atoms with Crippen molar-refractivity contribution < 1.29 is 23.6 Å². The van der Waals surface area contributed by atoms with Gasteiger partial charge in [0.2, 0.25) is 5.91 Å². The maximum absolute atomic E-state index is 13.4. The third kappa shape index (κ3) is 4.62. The van der Waals surface area contributed by atoms with Crippen molar-refractivity contribution in [3.05, 3.63) is 36.1 Å². The number of carbonyl (C=O) groups excluding carboxylic acids is 2. The van der Waals surface area contributed by atoms with Gasteiger partial charge in [-0.15, -0.1) is 0 Å². The van der Waals surface area contributed by atoms with Crippen molar-refractivity contribution in [1.29, 1.82) is 0 Å². The van der Waals surface area contributed by atoms with E-state index in [1.807, 2.05) is 0 Å². The van der Waals surface area contributed by atoms with E-state index in [9.17, 15) is 9.59 Å². The molecule has 8 heteroatoms. The van der Waals surface area contributed by atoms with Crippen molar-refractivity contribution in [2.24, 2.45) is 0 Å². The van der Waals surface area contributed by atoms with Crippen LogP contribution in [0.15, 0.2) is 35.1 Å². The molecule has 0 radical (unpaired) electrons. The lowest BCUT2D eigenvalue weighted by Gasteiger charge is -2.34. The molecule has 1 aliphatic rings. The second-order valence-corrected chi connectivity index (χ2v) is 6.72. The number of nitrogens with one attached hydrogen (secondary N) is 1. The number of hydrogen-bond acceptors (Lipinski definition) is 6. The fourth-order valence-corrected chi connectivity index (χ4v) is 3.50. The van der Waals surface area contributed by atoms with Gasteiger partial charge in [0.15, 0.2) is 5.82 Å². The Kier molecular flexibility index (Phi) is 6.52. The lowest BCUT2D eigenvalue weighted by atomic mass is 9.93. The molecule has 1 heterocycles. The van der Waals surface area contributed by atoms with Crippen LogP contribution in [-0.2, 0) is 4.79 Å². The Morgan fingerprint density at radius 3 is 2.61 bits per heavy atom. The summed E-state index contributed by atoms with van der Waals surface area (Å²) in [6.07, 6.45) is 6.36. The maximum atomic E-state index is 13.4. The Morgan fingerprint density at radius 2 is 1.96 bits per heavy atom. The van der Waals surface area contributed by atoms with Crippen LogP contribution in [0.1, 0.15) is 42.5 Å². The molecule has 0 bridgehead atoms. The van der Waals surface area contributed by atoms with Gasteiger partial charge in [-0.25, -0.2) is 0 Å². The number of nitrogens with zero attached hydrogens (tertiary/aromatic N) is 2. The minimum absolute atomic E-state index is 0.0103. The quantitative estimate of drug-likeness (QED) is 0.785. The minimum atomic E-state index is -0.319. The zero-order valence-corrected chi connectivity index (χ0v) is 16.1. The first-order valence-corrected chi connectivity index (χ1v) is 9.35. The monoisotopic (exact) mass is 387 g/mol. The topological polar surface area (TPSA) is 93.9 Å². The van der Waals surface area contributed by atoms with Crippen molar-refractivity contribution in [2.75, 3.05) is 26.1 Å². The van der Waals surface area contributed by atoms with Gasteiger partial charge in [0.1, 0.15) is 24.3 Å². The number of rotatable bonds is 7. The molecule has 8 nitrogen and oxygen atoms in total. The van der Waals surface area contributed by atoms with Gasteiger partial charge in [0, 0.05) is 18.2 Å². The van der Waals surface area contributed by atoms with Crippen molar-refractivity contribution in [2.45, 2.75) is 38.1 Å². The Bertz CT molecular complexity index is 800. The molecule has 1 fully saturated rings. The van der Waals surface area contributed by atoms with Gasteiger partial charge >= 0.3 is 0 Å². The lowest BCUT2D eigenvalue weighted by molar-refractivity contribution is -0.117. The van der Waals surface area contributed by atoms with Crippen molar-refractivity contribution >= 4 is 17.6 Å². The third-order valence-corrected chi connectivity index (χ3v) is 4.93. The van der Waals surface area contributed by atoms with Gasteiger partial charge in [-0.1, -0.05) is 24.4 Å². The van der Waals surface area contributed by atoms with E-state index in [1.54, 1.807) is 36.3 Å². The molecule has 0 saturated heterocycles. The first kappa shape index (κ1) is 19.7. The number of aromatic nitrogens is 1. The van der Waals surface area contributed by atoms with E-state index >= 15 is 0 Å². The molecule has 1 aliphatic carbocycles. The minimum Gasteiger partial charge on any atom is -0.497 e. The van der Waals surface area contributed by atoms with Gasteiger partial charge in [-0.3, -0.25) is 9.59 Å². The number of amides is 2. The largest absolute Gasteiger partial charge is 0.497 e. The number of carbonyl (C=O) groups is 2. The van der Waals surface area contributed by atoms with Gasteiger partial charge in [0.05, 0.1) is 19.8 Å². The van der Waals surface area contributed by atoms with E-state index in [4.69, 9.17) is 14.0 Å². The Morgan fingerprint density at radius 1 is 1.18 bits per heavy atom. The molecule has 2 amide bonds. The number of methoxy groups -OCH3 is 2. The average Bonchev–Trinajstić information content (AvgIpc) is 3.24. The number of anilines is 1. The summed E-state index contributed by atoms with van der Waals surface area (Å²) in [6.45, 7) is -0.0639. The molecule has 1 saturated carbocycles. The zero-order valence-electron chi connectivity index (χ0n) is 16.1. The summed E-state index contributed by atoms with van der Waals surface area (Å²) >= 11 is 0. The third-order valence-electron chi connectivity index (χ3n) is 4.93. The first-order chi connectivity index (χ1) is 13.6. The van der Waals surface area contributed by atoms with Gasteiger partial charge in [-0.05, 0) is 25.0 Å². The Labute approximate surface area is 163 Å². The Balaban J connectivity index is 1.83. The molecule has 0 aliphatic heterocycles. The highest BCUT2D eigenvalue weighted by molar-refractivity contribution is 6.01. The maximum Gasteiger partial charge on any atom is 0.258 e. The highest BCUT2D eigenvalue weighted by Gasteiger charge is 2.30. The summed E-state index contributed by atoms with van der Waals surface area (Å²) in [5.41, 5.74) is 0.406. The molecule has 1 aromatic heterocycles. The van der Waals surface area contributed by atoms with Crippen LogP contribution >= 0.6 is 0 Å². The summed E-state index contributed by atoms with van der Waals surface area (Å²) in [5, 5.41) is 6.34. The second-order valence-electron chi connectivity index (χ2n) is 6.72. The highest BCUT2D eigenvalue weighted by atomic mass is 16.5. The highest BCUT2D eigenvalue weighted by Crippen LogP contribution is 2.29. The van der Waals surface area contributed by atoms with E-state index < -0.39 is 0 Å². The van der Waals surface area contributed by atoms with Crippen LogP contribution in [-0.4, -0.2) is 48.7 Å². The van der Waals surface area contributed by atoms with E-state index in [0.717, 1.165) is 32.1 Å². The normalized spacial score (nSPS) is 14.4. The van der Waals surface area contributed by atoms with Gasteiger partial charge < -0.3 is 24.2 Å². The van der Waals surface area contributed by atoms with E-state index in [-0.39, 0.29) is 24.4 Å². The van der Waals surface area contributed by atoms with Crippen LogP contribution in [0, 0.1) is 0 Å². The fourth-order valence-electron chi connectivity index (χ4n) is 3.50. The molecule has 2 aromatic rings. The summed E-state index contributed by atoms with van der Waals surface area (Å²) in [6, 6.07) is 6.62. The van der Waals surface area contributed by atoms with Gasteiger partial charge in [0.25, 0.3) is 5.91 Å². The summed E-state index contributed by atoms with van der Waals surface area (Å²) in [4.78, 5) is 27.5. The number of hydrogen-bond donors (Lipinski definition) is 1. The van der Waals surface area contributed by atoms with Crippen LogP contribution in [0.4, 0.5) is 5.82 Å². The van der Waals surface area contributed by atoms with E-state index in [2.05, 4.69) is 10.5 Å². The van der Waals surface area contributed by atoms with Crippen molar-refractivity contribution in [3.63, 3.8) is 0 Å². The molecule has 0 unspecified atom stereocenters. The average molecular weight is 387 g/mol. The number of ether oxygens (including phenoxy) is 2. The molecule has 0 atom stereocenters. The molecule has 150 valence electrons. The summed E-state index contributed by atoms with van der Waals surface area (Å²) in [5.74, 6) is 0.786. The molecule has 1 aromatic carbocycles. The van der Waals surface area contributed by atoms with Crippen LogP contribution in [0.3, 0.4) is 0 Å². The van der Waals surface area contributed by atoms with E-state index in [1.165, 1.54) is 13.4 Å². The molecule has 0 spiro atoms. The summed E-state index contributed by atoms with van der Waals surface area (Å²) < 4.78 is 15.3. The molecule has 3 rings (SSSR count). The molecular weight excluding hydrogens is 362 g/mol. The SMILES string of the molecule is COc1ccc(C(=O)N(CC(=O)Nc2ccon2)C2CCCCC2)c(OC)c1. The van der Waals surface area contributed by atoms with Crippen molar-refractivity contribution in [3.8, 4) is 11.5 Å². The zero-order chi connectivity index (χ0) is 19.9. The Hall–Kier alpha value is -3.03. The van der Waals surface area contributed by atoms with Crippen LogP contribution in [0.5, 0.6) is 11.5 Å². The predicted octanol–water partition coefficient (Wildman–Crippen LogP) is 3.11. The van der Waals surface area contributed by atoms with Gasteiger partial charge in [-0.2, -0.15) is 0 Å². The van der Waals surface area contributed by atoms with E-state index in [0.29, 0.717) is 22.9 Å². The molecule has 28 heavy (non-hydrogen) atoms. The second kappa shape index (κ2) is 9.25. The summed E-state index contributed by atoms with van der Waals surface area (Å²) in [7, 11) is 3.06. The van der Waals surface area contributed by atoms with Crippen LogP contribution < -0.4 is 14.8 Å². The number of benzene rings is 1. The lowest BCUT2D eigenvalue weighted by Crippen LogP contribution is -2.45. The van der Waals surface area contributed by atoms with Crippen LogP contribution in [0.25, 0.3) is 0 Å². The smallest absolute Gasteiger partial charge is 0.258 e. The van der Waals surface area contributed by atoms with Crippen LogP contribution in [0.2, 0.25) is 0 Å². The molecule has 1 N–H and O–H groups in total. The fraction of sp³-hybridized carbons (Fsp3) is 0.450. The first-order valence-electron chi connectivity index (χ1n) is 9.35. The molecular formula is C20H25N3O5. The predicted molar refractivity (Wildman–Crippen MR) is 103 cm³/mol.